The van der Waals surface area contributed by atoms with E-state index in [1.807, 2.05) is 4.90 Å². The van der Waals surface area contributed by atoms with E-state index in [-0.39, 0.29) is 11.7 Å². The fourth-order valence-corrected chi connectivity index (χ4v) is 2.76. The van der Waals surface area contributed by atoms with E-state index in [4.69, 9.17) is 9.15 Å². The third kappa shape index (κ3) is 6.03. The van der Waals surface area contributed by atoms with Gasteiger partial charge in [-0.3, -0.25) is 9.69 Å². The quantitative estimate of drug-likeness (QED) is 0.404. The molecule has 0 N–H and O–H groups in total. The molecule has 0 bridgehead atoms. The Balaban J connectivity index is 1.78. The summed E-state index contributed by atoms with van der Waals surface area (Å²) in [5.41, 5.74) is 0. The number of amides is 1. The summed E-state index contributed by atoms with van der Waals surface area (Å²) in [7, 11) is 1.33. The largest absolute Gasteiger partial charge is 0.463 e. The molecule has 2 heterocycles. The average molecular weight is 350 g/mol. The second-order valence-electron chi connectivity index (χ2n) is 5.88. The predicted octanol–water partition coefficient (Wildman–Crippen LogP) is 1.69. The van der Waals surface area contributed by atoms with Crippen LogP contribution >= 0.6 is 0 Å². The van der Waals surface area contributed by atoms with Gasteiger partial charge in [-0.1, -0.05) is 6.08 Å². The van der Waals surface area contributed by atoms with Crippen LogP contribution in [0.15, 0.2) is 29.2 Å². The van der Waals surface area contributed by atoms with E-state index in [9.17, 15) is 9.59 Å². The predicted molar refractivity (Wildman–Crippen MR) is 92.2 cm³/mol. The van der Waals surface area contributed by atoms with E-state index >= 15 is 0 Å². The summed E-state index contributed by atoms with van der Waals surface area (Å²) in [6.45, 7) is 8.18. The van der Waals surface area contributed by atoms with Gasteiger partial charge in [0.25, 0.3) is 0 Å². The van der Waals surface area contributed by atoms with Crippen LogP contribution in [0.3, 0.4) is 0 Å². The molecule has 1 aliphatic rings. The molecular weight excluding hydrogens is 324 g/mol. The highest BCUT2D eigenvalue weighted by Crippen LogP contribution is 2.14. The molecule has 0 atom stereocenters. The second kappa shape index (κ2) is 10.0. The molecule has 1 aliphatic heterocycles. The lowest BCUT2D eigenvalue weighted by Crippen LogP contribution is -2.35. The van der Waals surface area contributed by atoms with Crippen molar-refractivity contribution < 1.29 is 23.5 Å². The monoisotopic (exact) mass is 350 g/mol. The molecule has 1 fully saturated rings. The van der Waals surface area contributed by atoms with Gasteiger partial charge in [-0.25, -0.2) is 4.79 Å². The first-order chi connectivity index (χ1) is 12.1. The van der Waals surface area contributed by atoms with Gasteiger partial charge in [0, 0.05) is 26.2 Å². The number of hydrogen-bond donors (Lipinski definition) is 0. The minimum absolute atomic E-state index is 0.122. The number of hydrogen-bond acceptors (Lipinski definition) is 6. The van der Waals surface area contributed by atoms with Crippen molar-refractivity contribution in [3.63, 3.8) is 0 Å². The van der Waals surface area contributed by atoms with Crippen LogP contribution in [0.1, 0.15) is 29.2 Å². The Labute approximate surface area is 148 Å². The first-order valence-electron chi connectivity index (χ1n) is 8.50. The Hall–Kier alpha value is -2.12. The van der Waals surface area contributed by atoms with Crippen LogP contribution in [0.2, 0.25) is 0 Å². The summed E-state index contributed by atoms with van der Waals surface area (Å²) in [6, 6.07) is 3.41. The van der Waals surface area contributed by atoms with E-state index in [1.165, 1.54) is 7.11 Å². The number of ether oxygens (including phenoxy) is 2. The van der Waals surface area contributed by atoms with Crippen LogP contribution in [-0.2, 0) is 20.8 Å². The summed E-state index contributed by atoms with van der Waals surface area (Å²) in [5.74, 6) is 0.580. The van der Waals surface area contributed by atoms with Gasteiger partial charge in [-0.2, -0.15) is 0 Å². The van der Waals surface area contributed by atoms with Gasteiger partial charge in [-0.15, -0.1) is 6.58 Å². The Morgan fingerprint density at radius 3 is 2.88 bits per heavy atom. The zero-order chi connectivity index (χ0) is 18.1. The van der Waals surface area contributed by atoms with Crippen LogP contribution in [0.4, 0.5) is 0 Å². The summed E-state index contributed by atoms with van der Waals surface area (Å²) >= 11 is 0. The molecule has 7 heteroatoms. The first-order valence-corrected chi connectivity index (χ1v) is 8.50. The highest BCUT2D eigenvalue weighted by molar-refractivity contribution is 5.86. The van der Waals surface area contributed by atoms with Gasteiger partial charge >= 0.3 is 5.97 Å². The maximum Gasteiger partial charge on any atom is 0.373 e. The van der Waals surface area contributed by atoms with Gasteiger partial charge in [0.2, 0.25) is 11.7 Å². The Bertz CT molecular complexity index is 584. The van der Waals surface area contributed by atoms with Crippen molar-refractivity contribution in [3.05, 3.63) is 36.3 Å². The topological polar surface area (TPSA) is 72.2 Å². The molecule has 1 amide bonds. The molecule has 25 heavy (non-hydrogen) atoms. The normalized spacial score (nSPS) is 15.6. The number of carbonyl (C=O) groups is 2. The van der Waals surface area contributed by atoms with Gasteiger partial charge in [0.1, 0.15) is 5.76 Å². The molecule has 0 saturated carbocycles. The number of esters is 1. The van der Waals surface area contributed by atoms with Crippen LogP contribution < -0.4 is 0 Å². The summed E-state index contributed by atoms with van der Waals surface area (Å²) in [6.07, 6.45) is 2.98. The highest BCUT2D eigenvalue weighted by Gasteiger charge is 2.20. The standard InChI is InChI=1S/C18H26N2O5/c1-3-12-24-13-7-17(21)20-9-4-8-19(10-11-20)14-15-5-6-16(25-15)18(22)23-2/h3,5-6H,1,4,7-14H2,2H3. The molecule has 0 aliphatic carbocycles. The zero-order valence-electron chi connectivity index (χ0n) is 14.7. The van der Waals surface area contributed by atoms with Gasteiger partial charge < -0.3 is 18.8 Å². The third-order valence-electron chi connectivity index (χ3n) is 4.06. The van der Waals surface area contributed by atoms with Gasteiger partial charge in [0.15, 0.2) is 0 Å². The van der Waals surface area contributed by atoms with E-state index < -0.39 is 5.97 Å². The minimum Gasteiger partial charge on any atom is -0.463 e. The number of rotatable bonds is 8. The smallest absolute Gasteiger partial charge is 0.373 e. The van der Waals surface area contributed by atoms with Crippen LogP contribution in [-0.4, -0.2) is 68.2 Å². The number of methoxy groups -OCH3 is 1. The van der Waals surface area contributed by atoms with Crippen molar-refractivity contribution in [2.45, 2.75) is 19.4 Å². The molecule has 0 spiro atoms. The summed E-state index contributed by atoms with van der Waals surface area (Å²) in [4.78, 5) is 27.8. The highest BCUT2D eigenvalue weighted by atomic mass is 16.5. The molecule has 2 rings (SSSR count). The van der Waals surface area contributed by atoms with Crippen LogP contribution in [0, 0.1) is 0 Å². The lowest BCUT2D eigenvalue weighted by atomic mass is 10.3. The molecular formula is C18H26N2O5. The number of carbonyl (C=O) groups excluding carboxylic acids is 2. The summed E-state index contributed by atoms with van der Waals surface area (Å²) < 4.78 is 15.4. The van der Waals surface area contributed by atoms with Crippen molar-refractivity contribution in [2.24, 2.45) is 0 Å². The Morgan fingerprint density at radius 2 is 2.12 bits per heavy atom. The molecule has 0 radical (unpaired) electrons. The SMILES string of the molecule is C=CCOCCC(=O)N1CCCN(Cc2ccc(C(=O)OC)o2)CC1. The van der Waals surface area contributed by atoms with Crippen molar-refractivity contribution >= 4 is 11.9 Å². The van der Waals surface area contributed by atoms with Gasteiger partial charge in [-0.05, 0) is 18.6 Å². The summed E-state index contributed by atoms with van der Waals surface area (Å²) in [5, 5.41) is 0. The van der Waals surface area contributed by atoms with E-state index in [0.29, 0.717) is 32.7 Å². The van der Waals surface area contributed by atoms with Crippen LogP contribution in [0.5, 0.6) is 0 Å². The van der Waals surface area contributed by atoms with Crippen molar-refractivity contribution in [1.82, 2.24) is 9.80 Å². The molecule has 0 unspecified atom stereocenters. The molecule has 138 valence electrons. The minimum atomic E-state index is -0.474. The molecule has 0 aromatic carbocycles. The zero-order valence-corrected chi connectivity index (χ0v) is 14.7. The van der Waals surface area contributed by atoms with Crippen molar-refractivity contribution in [2.75, 3.05) is 46.5 Å². The maximum absolute atomic E-state index is 12.2. The first kappa shape index (κ1) is 19.2. The molecule has 1 saturated heterocycles. The van der Waals surface area contributed by atoms with E-state index in [2.05, 4.69) is 16.2 Å². The van der Waals surface area contributed by atoms with Crippen molar-refractivity contribution in [3.8, 4) is 0 Å². The average Bonchev–Trinajstić information content (AvgIpc) is 2.96. The third-order valence-corrected chi connectivity index (χ3v) is 4.06. The van der Waals surface area contributed by atoms with Crippen molar-refractivity contribution in [1.29, 1.82) is 0 Å². The fraction of sp³-hybridized carbons (Fsp3) is 0.556. The Morgan fingerprint density at radius 1 is 1.28 bits per heavy atom. The fourth-order valence-electron chi connectivity index (χ4n) is 2.76. The van der Waals surface area contributed by atoms with E-state index in [1.54, 1.807) is 18.2 Å². The van der Waals surface area contributed by atoms with E-state index in [0.717, 1.165) is 31.8 Å². The second-order valence-corrected chi connectivity index (χ2v) is 5.88. The number of nitrogens with zero attached hydrogens (tertiary/aromatic N) is 2. The number of furan rings is 1. The lowest BCUT2D eigenvalue weighted by Gasteiger charge is -2.21. The maximum atomic E-state index is 12.2. The molecule has 7 nitrogen and oxygen atoms in total. The van der Waals surface area contributed by atoms with Gasteiger partial charge in [0.05, 0.1) is 33.3 Å². The van der Waals surface area contributed by atoms with Crippen LogP contribution in [0.25, 0.3) is 0 Å². The molecule has 1 aromatic heterocycles. The Kier molecular flexibility index (Phi) is 7.69. The molecule has 1 aromatic rings. The lowest BCUT2D eigenvalue weighted by molar-refractivity contribution is -0.132.